The topological polar surface area (TPSA) is 65.6 Å². The fraction of sp³-hybridized carbons (Fsp3) is 0.0769. The number of hydrogen-bond acceptors (Lipinski definition) is 4. The van der Waals surface area contributed by atoms with Gasteiger partial charge < -0.3 is 0 Å². The van der Waals surface area contributed by atoms with E-state index in [4.69, 9.17) is 38.2 Å². The Bertz CT molecular complexity index is 1760. The van der Waals surface area contributed by atoms with E-state index in [1.54, 1.807) is 33.7 Å². The van der Waals surface area contributed by atoms with E-state index in [1.165, 1.54) is 0 Å². The predicted molar refractivity (Wildman–Crippen MR) is 136 cm³/mol. The standard InChI is InChI=1S/C26H17Cl2N5O/c1-15(16-7-3-2-4-8-16)32-14-29-24-22(26(32)34)23-25(31-21-10-6-5-9-20(21)30-23)33(24)19-12-17(27)11-18(28)13-19/h2-15H,1H3. The number of halogens is 2. The summed E-state index contributed by atoms with van der Waals surface area (Å²) in [5.41, 5.74) is 4.33. The molecule has 0 aliphatic carbocycles. The molecule has 0 aliphatic rings. The number of rotatable bonds is 3. The van der Waals surface area contributed by atoms with Crippen molar-refractivity contribution >= 4 is 56.4 Å². The van der Waals surface area contributed by atoms with Gasteiger partial charge >= 0.3 is 0 Å². The Labute approximate surface area is 204 Å². The molecule has 0 bridgehead atoms. The molecule has 0 N–H and O–H groups in total. The van der Waals surface area contributed by atoms with Crippen molar-refractivity contribution < 1.29 is 0 Å². The molecule has 0 saturated carbocycles. The van der Waals surface area contributed by atoms with Gasteiger partial charge in [-0.2, -0.15) is 0 Å². The summed E-state index contributed by atoms with van der Waals surface area (Å²) in [7, 11) is 0. The van der Waals surface area contributed by atoms with Gasteiger partial charge in [0.1, 0.15) is 17.2 Å². The molecule has 1 unspecified atom stereocenters. The molecule has 6 nitrogen and oxygen atoms in total. The third-order valence-electron chi connectivity index (χ3n) is 5.99. The van der Waals surface area contributed by atoms with E-state index in [-0.39, 0.29) is 11.6 Å². The zero-order valence-corrected chi connectivity index (χ0v) is 19.5. The smallest absolute Gasteiger partial charge is 0.265 e. The van der Waals surface area contributed by atoms with Gasteiger partial charge in [0, 0.05) is 10.0 Å². The van der Waals surface area contributed by atoms with Crippen molar-refractivity contribution in [2.75, 3.05) is 0 Å². The van der Waals surface area contributed by atoms with Gasteiger partial charge in [0.15, 0.2) is 11.3 Å². The summed E-state index contributed by atoms with van der Waals surface area (Å²) < 4.78 is 3.42. The van der Waals surface area contributed by atoms with Crippen LogP contribution in [0, 0.1) is 0 Å². The highest BCUT2D eigenvalue weighted by molar-refractivity contribution is 6.35. The average Bonchev–Trinajstić information content (AvgIpc) is 3.16. The number of fused-ring (bicyclic) bond motifs is 4. The Morgan fingerprint density at radius 2 is 1.47 bits per heavy atom. The molecule has 0 spiro atoms. The summed E-state index contributed by atoms with van der Waals surface area (Å²) in [5, 5.41) is 1.34. The van der Waals surface area contributed by atoms with E-state index < -0.39 is 0 Å². The highest BCUT2D eigenvalue weighted by atomic mass is 35.5. The molecule has 34 heavy (non-hydrogen) atoms. The monoisotopic (exact) mass is 485 g/mol. The second kappa shape index (κ2) is 7.94. The SMILES string of the molecule is CC(c1ccccc1)n1cnc2c(c1=O)c1nc3ccccc3nc1n2-c1cc(Cl)cc(Cl)c1. The van der Waals surface area contributed by atoms with Crippen LogP contribution >= 0.6 is 23.2 Å². The van der Waals surface area contributed by atoms with Crippen molar-refractivity contribution in [3.63, 3.8) is 0 Å². The lowest BCUT2D eigenvalue weighted by atomic mass is 10.1. The second-order valence-electron chi connectivity index (χ2n) is 8.09. The summed E-state index contributed by atoms with van der Waals surface area (Å²) in [6.07, 6.45) is 1.57. The quantitative estimate of drug-likeness (QED) is 0.299. The lowest BCUT2D eigenvalue weighted by Crippen LogP contribution is -2.24. The van der Waals surface area contributed by atoms with Gasteiger partial charge in [0.25, 0.3) is 5.56 Å². The van der Waals surface area contributed by atoms with Gasteiger partial charge in [-0.15, -0.1) is 0 Å². The van der Waals surface area contributed by atoms with Crippen LogP contribution in [0.25, 0.3) is 38.9 Å². The van der Waals surface area contributed by atoms with E-state index in [0.29, 0.717) is 49.0 Å². The van der Waals surface area contributed by atoms with Gasteiger partial charge in [-0.3, -0.25) is 13.9 Å². The molecule has 166 valence electrons. The third kappa shape index (κ3) is 3.26. The van der Waals surface area contributed by atoms with E-state index in [9.17, 15) is 4.79 Å². The molecule has 0 fully saturated rings. The largest absolute Gasteiger partial charge is 0.291 e. The Balaban J connectivity index is 1.74. The molecule has 0 saturated heterocycles. The zero-order valence-electron chi connectivity index (χ0n) is 18.0. The zero-order chi connectivity index (χ0) is 23.4. The molecule has 1 atom stereocenters. The van der Waals surface area contributed by atoms with Crippen molar-refractivity contribution in [1.82, 2.24) is 24.1 Å². The summed E-state index contributed by atoms with van der Waals surface area (Å²) in [6, 6.07) is 22.4. The maximum absolute atomic E-state index is 13.9. The van der Waals surface area contributed by atoms with Crippen molar-refractivity contribution in [3.8, 4) is 5.69 Å². The lowest BCUT2D eigenvalue weighted by molar-refractivity contribution is 0.608. The van der Waals surface area contributed by atoms with E-state index >= 15 is 0 Å². The molecular weight excluding hydrogens is 469 g/mol. The number of para-hydroxylation sites is 2. The molecule has 3 aromatic carbocycles. The normalized spacial score (nSPS) is 12.6. The summed E-state index contributed by atoms with van der Waals surface area (Å²) >= 11 is 12.6. The molecule has 3 heterocycles. The average molecular weight is 486 g/mol. The Kier molecular flexibility index (Phi) is 4.86. The molecule has 0 amide bonds. The van der Waals surface area contributed by atoms with Crippen LogP contribution in [-0.4, -0.2) is 24.1 Å². The minimum absolute atomic E-state index is 0.192. The molecule has 0 aliphatic heterocycles. The Morgan fingerprint density at radius 1 is 0.824 bits per heavy atom. The number of aromatic nitrogens is 5. The van der Waals surface area contributed by atoms with Gasteiger partial charge in [-0.25, -0.2) is 15.0 Å². The lowest BCUT2D eigenvalue weighted by Gasteiger charge is -2.15. The first-order valence-corrected chi connectivity index (χ1v) is 11.5. The molecule has 0 radical (unpaired) electrons. The number of hydrogen-bond donors (Lipinski definition) is 0. The predicted octanol–water partition coefficient (Wildman–Crippen LogP) is 6.20. The van der Waals surface area contributed by atoms with E-state index in [2.05, 4.69) is 0 Å². The van der Waals surface area contributed by atoms with Crippen LogP contribution in [0.3, 0.4) is 0 Å². The van der Waals surface area contributed by atoms with Crippen LogP contribution < -0.4 is 5.56 Å². The molecule has 6 aromatic rings. The molecule has 8 heteroatoms. The first-order chi connectivity index (χ1) is 16.5. The van der Waals surface area contributed by atoms with Crippen LogP contribution in [0.4, 0.5) is 0 Å². The first-order valence-electron chi connectivity index (χ1n) is 10.7. The highest BCUT2D eigenvalue weighted by Crippen LogP contribution is 2.31. The summed E-state index contributed by atoms with van der Waals surface area (Å²) in [5.74, 6) is 0. The van der Waals surface area contributed by atoms with Gasteiger partial charge in [0.05, 0.1) is 22.8 Å². The minimum Gasteiger partial charge on any atom is -0.291 e. The van der Waals surface area contributed by atoms with Gasteiger partial charge in [-0.1, -0.05) is 65.7 Å². The van der Waals surface area contributed by atoms with Gasteiger partial charge in [-0.05, 0) is 42.8 Å². The van der Waals surface area contributed by atoms with Gasteiger partial charge in [0.2, 0.25) is 0 Å². The van der Waals surface area contributed by atoms with Crippen LogP contribution in [0.1, 0.15) is 18.5 Å². The summed E-state index contributed by atoms with van der Waals surface area (Å²) in [4.78, 5) is 28.3. The third-order valence-corrected chi connectivity index (χ3v) is 6.43. The minimum atomic E-state index is -0.210. The maximum atomic E-state index is 13.9. The molecule has 3 aromatic heterocycles. The van der Waals surface area contributed by atoms with Crippen molar-refractivity contribution in [1.29, 1.82) is 0 Å². The number of nitrogens with zero attached hydrogens (tertiary/aromatic N) is 5. The van der Waals surface area contributed by atoms with Crippen LogP contribution in [0.5, 0.6) is 0 Å². The first kappa shape index (κ1) is 20.8. The van der Waals surface area contributed by atoms with Crippen LogP contribution in [0.2, 0.25) is 10.0 Å². The fourth-order valence-electron chi connectivity index (χ4n) is 4.33. The van der Waals surface area contributed by atoms with E-state index in [0.717, 1.165) is 5.56 Å². The Hall–Kier alpha value is -3.74. The maximum Gasteiger partial charge on any atom is 0.265 e. The molecule has 6 rings (SSSR count). The van der Waals surface area contributed by atoms with Crippen molar-refractivity contribution in [3.05, 3.63) is 105 Å². The van der Waals surface area contributed by atoms with E-state index in [1.807, 2.05) is 61.5 Å². The highest BCUT2D eigenvalue weighted by Gasteiger charge is 2.22. The van der Waals surface area contributed by atoms with Crippen LogP contribution in [0.15, 0.2) is 83.9 Å². The number of benzene rings is 3. The Morgan fingerprint density at radius 3 is 2.18 bits per heavy atom. The second-order valence-corrected chi connectivity index (χ2v) is 8.96. The van der Waals surface area contributed by atoms with Crippen molar-refractivity contribution in [2.45, 2.75) is 13.0 Å². The summed E-state index contributed by atoms with van der Waals surface area (Å²) in [6.45, 7) is 1.97. The van der Waals surface area contributed by atoms with Crippen molar-refractivity contribution in [2.24, 2.45) is 0 Å². The molecular formula is C26H17Cl2N5O. The fourth-order valence-corrected chi connectivity index (χ4v) is 4.85. The van der Waals surface area contributed by atoms with Crippen LogP contribution in [-0.2, 0) is 0 Å².